The van der Waals surface area contributed by atoms with Gasteiger partial charge in [-0.15, -0.1) is 0 Å². The maximum Gasteiger partial charge on any atom is 0.0242 e. The van der Waals surface area contributed by atoms with E-state index < -0.39 is 0 Å². The van der Waals surface area contributed by atoms with Gasteiger partial charge in [-0.2, -0.15) is 0 Å². The third-order valence-corrected chi connectivity index (χ3v) is 4.51. The summed E-state index contributed by atoms with van der Waals surface area (Å²) in [5.41, 5.74) is 10.2. The lowest BCUT2D eigenvalue weighted by Crippen LogP contribution is -2.39. The van der Waals surface area contributed by atoms with Gasteiger partial charge in [0, 0.05) is 25.7 Å². The molecule has 0 radical (unpaired) electrons. The minimum atomic E-state index is 0.747. The average molecular weight is 260 g/mol. The first-order valence-corrected chi connectivity index (χ1v) is 7.71. The van der Waals surface area contributed by atoms with Gasteiger partial charge >= 0.3 is 0 Å². The fourth-order valence-electron chi connectivity index (χ4n) is 3.30. The topological polar surface area (TPSA) is 29.3 Å². The molecule has 1 fully saturated rings. The first-order chi connectivity index (χ1) is 9.22. The number of nitrogens with two attached hydrogens (primary N) is 1. The van der Waals surface area contributed by atoms with E-state index in [0.717, 1.165) is 25.7 Å². The van der Waals surface area contributed by atoms with Crippen LogP contribution in [0.5, 0.6) is 0 Å². The van der Waals surface area contributed by atoms with Crippen molar-refractivity contribution >= 4 is 0 Å². The minimum absolute atomic E-state index is 0.747. The van der Waals surface area contributed by atoms with E-state index in [-0.39, 0.29) is 0 Å². The Morgan fingerprint density at radius 3 is 2.32 bits per heavy atom. The predicted octanol–water partition coefficient (Wildman–Crippen LogP) is 3.40. The van der Waals surface area contributed by atoms with Crippen LogP contribution in [0.4, 0.5) is 0 Å². The van der Waals surface area contributed by atoms with E-state index in [2.05, 4.69) is 36.9 Å². The number of hydrogen-bond donors (Lipinski definition) is 1. The summed E-state index contributed by atoms with van der Waals surface area (Å²) in [7, 11) is 0. The molecule has 0 aromatic heterocycles. The normalized spacial score (nSPS) is 17.1. The van der Waals surface area contributed by atoms with E-state index in [9.17, 15) is 0 Å². The zero-order valence-corrected chi connectivity index (χ0v) is 12.5. The molecular formula is C17H28N2. The van der Waals surface area contributed by atoms with E-state index in [1.165, 1.54) is 48.8 Å². The second-order valence-corrected chi connectivity index (χ2v) is 5.92. The molecule has 0 saturated heterocycles. The standard InChI is InChI=1S/C17H28N2/c1-14-7-6-8-15(2)17(14)13-19(12-11-18)16-9-4-3-5-10-16/h6-8,16H,3-5,9-13,18H2,1-2H3. The molecule has 1 saturated carbocycles. The average Bonchev–Trinajstić information content (AvgIpc) is 2.43. The summed E-state index contributed by atoms with van der Waals surface area (Å²) < 4.78 is 0. The molecule has 0 heterocycles. The van der Waals surface area contributed by atoms with Gasteiger partial charge < -0.3 is 5.73 Å². The highest BCUT2D eigenvalue weighted by molar-refractivity contribution is 5.33. The summed E-state index contributed by atoms with van der Waals surface area (Å²) in [4.78, 5) is 2.62. The van der Waals surface area contributed by atoms with E-state index in [0.29, 0.717) is 0 Å². The molecule has 0 atom stereocenters. The van der Waals surface area contributed by atoms with E-state index in [4.69, 9.17) is 5.73 Å². The fourth-order valence-corrected chi connectivity index (χ4v) is 3.30. The molecule has 1 aromatic rings. The van der Waals surface area contributed by atoms with Crippen LogP contribution in [0.3, 0.4) is 0 Å². The lowest BCUT2D eigenvalue weighted by Gasteiger charge is -2.35. The lowest BCUT2D eigenvalue weighted by molar-refractivity contribution is 0.152. The van der Waals surface area contributed by atoms with Crippen molar-refractivity contribution in [3.05, 3.63) is 34.9 Å². The Morgan fingerprint density at radius 1 is 1.11 bits per heavy atom. The second-order valence-electron chi connectivity index (χ2n) is 5.92. The van der Waals surface area contributed by atoms with Crippen LogP contribution in [-0.2, 0) is 6.54 Å². The van der Waals surface area contributed by atoms with Crippen molar-refractivity contribution in [2.75, 3.05) is 13.1 Å². The summed E-state index contributed by atoms with van der Waals surface area (Å²) in [6, 6.07) is 7.35. The second kappa shape index (κ2) is 7.06. The summed E-state index contributed by atoms with van der Waals surface area (Å²) in [6.45, 7) is 7.31. The third-order valence-electron chi connectivity index (χ3n) is 4.51. The molecular weight excluding hydrogens is 232 g/mol. The number of rotatable bonds is 5. The van der Waals surface area contributed by atoms with Crippen molar-refractivity contribution in [2.24, 2.45) is 5.73 Å². The van der Waals surface area contributed by atoms with Crippen molar-refractivity contribution in [1.29, 1.82) is 0 Å². The lowest BCUT2D eigenvalue weighted by atomic mass is 9.93. The Kier molecular flexibility index (Phi) is 5.41. The minimum Gasteiger partial charge on any atom is -0.329 e. The molecule has 2 N–H and O–H groups in total. The van der Waals surface area contributed by atoms with Crippen molar-refractivity contribution in [3.8, 4) is 0 Å². The molecule has 1 aliphatic rings. The Morgan fingerprint density at radius 2 is 1.74 bits per heavy atom. The molecule has 1 aliphatic carbocycles. The quantitative estimate of drug-likeness (QED) is 0.879. The Balaban J connectivity index is 2.11. The van der Waals surface area contributed by atoms with Gasteiger partial charge in [0.05, 0.1) is 0 Å². The molecule has 0 spiro atoms. The largest absolute Gasteiger partial charge is 0.329 e. The number of benzene rings is 1. The van der Waals surface area contributed by atoms with Crippen LogP contribution in [0.1, 0.15) is 48.8 Å². The molecule has 0 unspecified atom stereocenters. The molecule has 0 amide bonds. The monoisotopic (exact) mass is 260 g/mol. The van der Waals surface area contributed by atoms with Gasteiger partial charge in [0.25, 0.3) is 0 Å². The van der Waals surface area contributed by atoms with Crippen LogP contribution in [0, 0.1) is 13.8 Å². The fraction of sp³-hybridized carbons (Fsp3) is 0.647. The first kappa shape index (κ1) is 14.5. The zero-order valence-electron chi connectivity index (χ0n) is 12.5. The van der Waals surface area contributed by atoms with Gasteiger partial charge in [-0.25, -0.2) is 0 Å². The summed E-state index contributed by atoms with van der Waals surface area (Å²) >= 11 is 0. The van der Waals surface area contributed by atoms with Crippen LogP contribution in [0.2, 0.25) is 0 Å². The Bertz CT molecular complexity index is 374. The SMILES string of the molecule is Cc1cccc(C)c1CN(CCN)C1CCCCC1. The summed E-state index contributed by atoms with van der Waals surface area (Å²) in [5, 5.41) is 0. The van der Waals surface area contributed by atoms with Crippen LogP contribution < -0.4 is 5.73 Å². The molecule has 2 nitrogen and oxygen atoms in total. The van der Waals surface area contributed by atoms with Gasteiger partial charge in [-0.1, -0.05) is 37.5 Å². The molecule has 106 valence electrons. The predicted molar refractivity (Wildman–Crippen MR) is 82.3 cm³/mol. The Labute approximate surface area is 118 Å². The molecule has 19 heavy (non-hydrogen) atoms. The molecule has 0 bridgehead atoms. The van der Waals surface area contributed by atoms with Crippen molar-refractivity contribution in [1.82, 2.24) is 4.90 Å². The molecule has 1 aromatic carbocycles. The van der Waals surface area contributed by atoms with Crippen LogP contribution in [0.25, 0.3) is 0 Å². The van der Waals surface area contributed by atoms with Gasteiger partial charge in [0.15, 0.2) is 0 Å². The highest BCUT2D eigenvalue weighted by Gasteiger charge is 2.21. The van der Waals surface area contributed by atoms with E-state index in [1.807, 2.05) is 0 Å². The number of hydrogen-bond acceptors (Lipinski definition) is 2. The van der Waals surface area contributed by atoms with Gasteiger partial charge in [0.1, 0.15) is 0 Å². The first-order valence-electron chi connectivity index (χ1n) is 7.71. The van der Waals surface area contributed by atoms with Gasteiger partial charge in [-0.3, -0.25) is 4.90 Å². The molecule has 2 heteroatoms. The third kappa shape index (κ3) is 3.80. The summed E-state index contributed by atoms with van der Waals surface area (Å²) in [5.74, 6) is 0. The van der Waals surface area contributed by atoms with Crippen LogP contribution >= 0.6 is 0 Å². The maximum absolute atomic E-state index is 5.82. The summed E-state index contributed by atoms with van der Waals surface area (Å²) in [6.07, 6.45) is 6.89. The highest BCUT2D eigenvalue weighted by atomic mass is 15.2. The zero-order chi connectivity index (χ0) is 13.7. The number of nitrogens with zero attached hydrogens (tertiary/aromatic N) is 1. The van der Waals surface area contributed by atoms with Gasteiger partial charge in [0.2, 0.25) is 0 Å². The van der Waals surface area contributed by atoms with Crippen molar-refractivity contribution in [3.63, 3.8) is 0 Å². The van der Waals surface area contributed by atoms with Crippen LogP contribution in [0.15, 0.2) is 18.2 Å². The van der Waals surface area contributed by atoms with Crippen LogP contribution in [-0.4, -0.2) is 24.0 Å². The van der Waals surface area contributed by atoms with Crippen molar-refractivity contribution in [2.45, 2.75) is 58.5 Å². The number of aryl methyl sites for hydroxylation is 2. The van der Waals surface area contributed by atoms with Gasteiger partial charge in [-0.05, 0) is 43.4 Å². The van der Waals surface area contributed by atoms with E-state index in [1.54, 1.807) is 0 Å². The smallest absolute Gasteiger partial charge is 0.0242 e. The van der Waals surface area contributed by atoms with Crippen molar-refractivity contribution < 1.29 is 0 Å². The maximum atomic E-state index is 5.82. The Hall–Kier alpha value is -0.860. The highest BCUT2D eigenvalue weighted by Crippen LogP contribution is 2.25. The molecule has 2 rings (SSSR count). The van der Waals surface area contributed by atoms with E-state index >= 15 is 0 Å². The molecule has 0 aliphatic heterocycles.